The van der Waals surface area contributed by atoms with Crippen molar-refractivity contribution in [1.29, 1.82) is 0 Å². The lowest BCUT2D eigenvalue weighted by molar-refractivity contribution is -0.139. The maximum Gasteiger partial charge on any atom is 0.320 e. The summed E-state index contributed by atoms with van der Waals surface area (Å²) in [5, 5.41) is 11.9. The Balaban J connectivity index is 0.000000845. The van der Waals surface area contributed by atoms with Crippen molar-refractivity contribution in [2.75, 3.05) is 6.54 Å². The van der Waals surface area contributed by atoms with Crippen molar-refractivity contribution < 1.29 is 9.90 Å². The quantitative estimate of drug-likeness (QED) is 0.681. The van der Waals surface area contributed by atoms with Gasteiger partial charge in [-0.1, -0.05) is 12.8 Å². The summed E-state index contributed by atoms with van der Waals surface area (Å²) < 4.78 is 0. The summed E-state index contributed by atoms with van der Waals surface area (Å²) in [4.78, 5) is 10.7. The SMILES string of the molecule is Cl.O=C(O)C1CC2(CCCC2)CN1. The van der Waals surface area contributed by atoms with Gasteiger partial charge in [-0.3, -0.25) is 4.79 Å². The fourth-order valence-electron chi connectivity index (χ4n) is 2.60. The Morgan fingerprint density at radius 3 is 2.46 bits per heavy atom. The van der Waals surface area contributed by atoms with Crippen LogP contribution in [-0.4, -0.2) is 23.7 Å². The summed E-state index contributed by atoms with van der Waals surface area (Å²) in [6.45, 7) is 0.921. The normalized spacial score (nSPS) is 30.3. The highest BCUT2D eigenvalue weighted by molar-refractivity contribution is 5.85. The zero-order chi connectivity index (χ0) is 8.60. The van der Waals surface area contributed by atoms with Crippen LogP contribution in [0.2, 0.25) is 0 Å². The maximum absolute atomic E-state index is 10.7. The van der Waals surface area contributed by atoms with E-state index in [1.54, 1.807) is 0 Å². The molecule has 1 saturated carbocycles. The van der Waals surface area contributed by atoms with Crippen LogP contribution in [0.25, 0.3) is 0 Å². The van der Waals surface area contributed by atoms with Gasteiger partial charge >= 0.3 is 5.97 Å². The first-order chi connectivity index (χ1) is 5.72. The first kappa shape index (κ1) is 10.8. The van der Waals surface area contributed by atoms with E-state index in [9.17, 15) is 4.79 Å². The van der Waals surface area contributed by atoms with Crippen molar-refractivity contribution in [3.63, 3.8) is 0 Å². The lowest BCUT2D eigenvalue weighted by Crippen LogP contribution is -2.30. The van der Waals surface area contributed by atoms with E-state index in [0.717, 1.165) is 13.0 Å². The van der Waals surface area contributed by atoms with E-state index in [4.69, 9.17) is 5.11 Å². The zero-order valence-corrected chi connectivity index (χ0v) is 8.40. The number of hydrogen-bond donors (Lipinski definition) is 2. The van der Waals surface area contributed by atoms with Crippen molar-refractivity contribution in [1.82, 2.24) is 5.32 Å². The molecule has 1 unspecified atom stereocenters. The fourth-order valence-corrected chi connectivity index (χ4v) is 2.60. The number of hydrogen-bond acceptors (Lipinski definition) is 2. The topological polar surface area (TPSA) is 49.3 Å². The molecule has 4 heteroatoms. The van der Waals surface area contributed by atoms with Gasteiger partial charge < -0.3 is 10.4 Å². The molecule has 0 bridgehead atoms. The lowest BCUT2D eigenvalue weighted by atomic mass is 9.84. The molecule has 3 nitrogen and oxygen atoms in total. The molecule has 2 aliphatic rings. The van der Waals surface area contributed by atoms with Crippen LogP contribution in [-0.2, 0) is 4.79 Å². The predicted molar refractivity (Wildman–Crippen MR) is 52.2 cm³/mol. The summed E-state index contributed by atoms with van der Waals surface area (Å²) in [6, 6.07) is -0.275. The molecule has 0 aromatic carbocycles. The molecular formula is C9H16ClNO2. The van der Waals surface area contributed by atoms with Crippen molar-refractivity contribution in [3.05, 3.63) is 0 Å². The molecule has 2 N–H and O–H groups in total. The number of rotatable bonds is 1. The van der Waals surface area contributed by atoms with E-state index < -0.39 is 5.97 Å². The van der Waals surface area contributed by atoms with E-state index in [0.29, 0.717) is 5.41 Å². The van der Waals surface area contributed by atoms with Gasteiger partial charge in [-0.25, -0.2) is 0 Å². The summed E-state index contributed by atoms with van der Waals surface area (Å²) in [7, 11) is 0. The molecule has 2 fully saturated rings. The fraction of sp³-hybridized carbons (Fsp3) is 0.889. The zero-order valence-electron chi connectivity index (χ0n) is 7.58. The standard InChI is InChI=1S/C9H15NO2.ClH/c11-8(12)7-5-9(6-10-7)3-1-2-4-9;/h7,10H,1-6H2,(H,11,12);1H. The molecule has 1 aliphatic heterocycles. The third-order valence-corrected chi connectivity index (χ3v) is 3.32. The van der Waals surface area contributed by atoms with Crippen LogP contribution >= 0.6 is 12.4 Å². The Kier molecular flexibility index (Phi) is 3.19. The van der Waals surface area contributed by atoms with Gasteiger partial charge in [0.05, 0.1) is 0 Å². The third kappa shape index (κ3) is 1.97. The highest BCUT2D eigenvalue weighted by Gasteiger charge is 2.43. The second kappa shape index (κ2) is 3.84. The first-order valence-electron chi connectivity index (χ1n) is 4.68. The van der Waals surface area contributed by atoms with Crippen molar-refractivity contribution in [2.45, 2.75) is 38.1 Å². The molecule has 1 heterocycles. The number of nitrogens with one attached hydrogen (secondary N) is 1. The minimum Gasteiger partial charge on any atom is -0.480 e. The predicted octanol–water partition coefficient (Wildman–Crippen LogP) is 1.42. The molecule has 1 saturated heterocycles. The molecule has 1 spiro atoms. The Morgan fingerprint density at radius 1 is 1.38 bits per heavy atom. The lowest BCUT2D eigenvalue weighted by Gasteiger charge is -2.20. The largest absolute Gasteiger partial charge is 0.480 e. The van der Waals surface area contributed by atoms with Gasteiger partial charge in [-0.2, -0.15) is 0 Å². The molecule has 13 heavy (non-hydrogen) atoms. The van der Waals surface area contributed by atoms with E-state index in [1.165, 1.54) is 25.7 Å². The molecular weight excluding hydrogens is 190 g/mol. The van der Waals surface area contributed by atoms with E-state index >= 15 is 0 Å². The monoisotopic (exact) mass is 205 g/mol. The van der Waals surface area contributed by atoms with Crippen LogP contribution in [0.5, 0.6) is 0 Å². The van der Waals surface area contributed by atoms with Crippen molar-refractivity contribution in [3.8, 4) is 0 Å². The minimum atomic E-state index is -0.682. The minimum absolute atomic E-state index is 0. The van der Waals surface area contributed by atoms with Gasteiger partial charge in [0.15, 0.2) is 0 Å². The van der Waals surface area contributed by atoms with Gasteiger partial charge in [-0.15, -0.1) is 12.4 Å². The van der Waals surface area contributed by atoms with Gasteiger partial charge in [0.2, 0.25) is 0 Å². The van der Waals surface area contributed by atoms with Gasteiger partial charge in [0.25, 0.3) is 0 Å². The highest BCUT2D eigenvalue weighted by Crippen LogP contribution is 2.44. The van der Waals surface area contributed by atoms with E-state index in [-0.39, 0.29) is 18.4 Å². The van der Waals surface area contributed by atoms with Gasteiger partial charge in [0, 0.05) is 6.54 Å². The molecule has 0 aromatic rings. The number of carboxylic acid groups (broad SMARTS) is 1. The summed E-state index contributed by atoms with van der Waals surface area (Å²) >= 11 is 0. The average molecular weight is 206 g/mol. The molecule has 0 aromatic heterocycles. The second-order valence-electron chi connectivity index (χ2n) is 4.18. The summed E-state index contributed by atoms with van der Waals surface area (Å²) in [6.07, 6.45) is 5.87. The molecule has 1 aliphatic carbocycles. The van der Waals surface area contributed by atoms with Gasteiger partial charge in [0.1, 0.15) is 6.04 Å². The highest BCUT2D eigenvalue weighted by atomic mass is 35.5. The molecule has 2 rings (SSSR count). The molecule has 0 radical (unpaired) electrons. The maximum atomic E-state index is 10.7. The van der Waals surface area contributed by atoms with Gasteiger partial charge in [-0.05, 0) is 24.7 Å². The van der Waals surface area contributed by atoms with Crippen LogP contribution in [0.3, 0.4) is 0 Å². The first-order valence-corrected chi connectivity index (χ1v) is 4.68. The Labute approximate surface area is 84.3 Å². The number of aliphatic carboxylic acids is 1. The Morgan fingerprint density at radius 2 is 2.00 bits per heavy atom. The summed E-state index contributed by atoms with van der Waals surface area (Å²) in [5.41, 5.74) is 0.350. The van der Waals surface area contributed by atoms with Crippen LogP contribution in [0.1, 0.15) is 32.1 Å². The summed E-state index contributed by atoms with van der Waals surface area (Å²) in [5.74, 6) is -0.682. The molecule has 1 atom stereocenters. The Bertz CT molecular complexity index is 202. The van der Waals surface area contributed by atoms with Crippen LogP contribution < -0.4 is 5.32 Å². The third-order valence-electron chi connectivity index (χ3n) is 3.32. The van der Waals surface area contributed by atoms with Crippen LogP contribution in [0, 0.1) is 5.41 Å². The van der Waals surface area contributed by atoms with Crippen molar-refractivity contribution in [2.24, 2.45) is 5.41 Å². The average Bonchev–Trinajstić information content (AvgIpc) is 2.62. The van der Waals surface area contributed by atoms with E-state index in [2.05, 4.69) is 5.32 Å². The van der Waals surface area contributed by atoms with Crippen LogP contribution in [0.4, 0.5) is 0 Å². The Hall–Kier alpha value is -0.280. The molecule has 0 amide bonds. The number of halogens is 1. The van der Waals surface area contributed by atoms with Crippen molar-refractivity contribution >= 4 is 18.4 Å². The smallest absolute Gasteiger partial charge is 0.320 e. The van der Waals surface area contributed by atoms with Crippen LogP contribution in [0.15, 0.2) is 0 Å². The number of carbonyl (C=O) groups is 1. The molecule has 76 valence electrons. The second-order valence-corrected chi connectivity index (χ2v) is 4.18. The number of carboxylic acids is 1. The van der Waals surface area contributed by atoms with E-state index in [1.807, 2.05) is 0 Å².